The molecule has 1 unspecified atom stereocenters. The van der Waals surface area contributed by atoms with Crippen molar-refractivity contribution in [2.75, 3.05) is 6.54 Å². The Kier molecular flexibility index (Phi) is 4.63. The van der Waals surface area contributed by atoms with Crippen LogP contribution in [0.3, 0.4) is 0 Å². The van der Waals surface area contributed by atoms with Crippen LogP contribution < -0.4 is 10.9 Å². The van der Waals surface area contributed by atoms with Crippen LogP contribution in [0.2, 0.25) is 0 Å². The molecule has 0 saturated carbocycles. The Morgan fingerprint density at radius 2 is 2.11 bits per heavy atom. The molecule has 2 aromatic rings. The topological polar surface area (TPSA) is 59.8 Å². The SMILES string of the molecule is CCCC(Cn1nnc2ccccc2c1=O)NCC. The van der Waals surface area contributed by atoms with Crippen molar-refractivity contribution in [3.63, 3.8) is 0 Å². The largest absolute Gasteiger partial charge is 0.312 e. The summed E-state index contributed by atoms with van der Waals surface area (Å²) in [4.78, 5) is 12.3. The summed E-state index contributed by atoms with van der Waals surface area (Å²) < 4.78 is 1.46. The maximum atomic E-state index is 12.3. The average molecular weight is 260 g/mol. The van der Waals surface area contributed by atoms with Gasteiger partial charge in [0.25, 0.3) is 5.56 Å². The summed E-state index contributed by atoms with van der Waals surface area (Å²) in [6.45, 7) is 5.66. The second kappa shape index (κ2) is 6.43. The van der Waals surface area contributed by atoms with Gasteiger partial charge in [0.05, 0.1) is 11.9 Å². The molecule has 0 radical (unpaired) electrons. The fourth-order valence-corrected chi connectivity index (χ4v) is 2.25. The summed E-state index contributed by atoms with van der Waals surface area (Å²) in [6.07, 6.45) is 2.10. The zero-order valence-corrected chi connectivity index (χ0v) is 11.5. The number of rotatable bonds is 6. The van der Waals surface area contributed by atoms with Crippen LogP contribution in [0, 0.1) is 0 Å². The van der Waals surface area contributed by atoms with Crippen LogP contribution in [0.25, 0.3) is 10.9 Å². The van der Waals surface area contributed by atoms with Gasteiger partial charge >= 0.3 is 0 Å². The van der Waals surface area contributed by atoms with Gasteiger partial charge < -0.3 is 5.32 Å². The van der Waals surface area contributed by atoms with Gasteiger partial charge in [-0.15, -0.1) is 5.10 Å². The third-order valence-corrected chi connectivity index (χ3v) is 3.15. The Morgan fingerprint density at radius 1 is 1.32 bits per heavy atom. The zero-order valence-electron chi connectivity index (χ0n) is 11.5. The Balaban J connectivity index is 2.29. The standard InChI is InChI=1S/C14H20N4O/c1-3-7-11(15-4-2)10-18-14(19)12-8-5-6-9-13(12)16-17-18/h5-6,8-9,11,15H,3-4,7,10H2,1-2H3. The first-order valence-corrected chi connectivity index (χ1v) is 6.82. The molecule has 19 heavy (non-hydrogen) atoms. The Labute approximate surface area is 112 Å². The lowest BCUT2D eigenvalue weighted by molar-refractivity contribution is 0.392. The molecule has 0 aliphatic rings. The molecular formula is C14H20N4O. The zero-order chi connectivity index (χ0) is 13.7. The van der Waals surface area contributed by atoms with Crippen molar-refractivity contribution < 1.29 is 0 Å². The van der Waals surface area contributed by atoms with E-state index in [9.17, 15) is 4.79 Å². The number of hydrogen-bond donors (Lipinski definition) is 1. The summed E-state index contributed by atoms with van der Waals surface area (Å²) in [5.41, 5.74) is 0.587. The summed E-state index contributed by atoms with van der Waals surface area (Å²) >= 11 is 0. The van der Waals surface area contributed by atoms with Gasteiger partial charge in [-0.1, -0.05) is 37.6 Å². The number of fused-ring (bicyclic) bond motifs is 1. The Hall–Kier alpha value is -1.75. The predicted molar refractivity (Wildman–Crippen MR) is 76.2 cm³/mol. The van der Waals surface area contributed by atoms with Crippen LogP contribution in [-0.2, 0) is 6.54 Å². The smallest absolute Gasteiger partial charge is 0.277 e. The minimum absolute atomic E-state index is 0.0652. The maximum Gasteiger partial charge on any atom is 0.277 e. The molecule has 1 N–H and O–H groups in total. The normalized spacial score (nSPS) is 12.7. The highest BCUT2D eigenvalue weighted by molar-refractivity contribution is 5.76. The number of aromatic nitrogens is 3. The molecule has 2 rings (SSSR count). The highest BCUT2D eigenvalue weighted by Crippen LogP contribution is 2.04. The van der Waals surface area contributed by atoms with E-state index >= 15 is 0 Å². The van der Waals surface area contributed by atoms with Gasteiger partial charge in [-0.3, -0.25) is 4.79 Å². The molecule has 0 saturated heterocycles. The van der Waals surface area contributed by atoms with Crippen LogP contribution in [0.4, 0.5) is 0 Å². The lowest BCUT2D eigenvalue weighted by atomic mass is 10.1. The Bertz CT molecular complexity index is 587. The second-order valence-electron chi connectivity index (χ2n) is 4.64. The highest BCUT2D eigenvalue weighted by Gasteiger charge is 2.11. The van der Waals surface area contributed by atoms with E-state index in [1.54, 1.807) is 6.07 Å². The minimum Gasteiger partial charge on any atom is -0.312 e. The molecule has 5 nitrogen and oxygen atoms in total. The van der Waals surface area contributed by atoms with Crippen molar-refractivity contribution in [2.45, 2.75) is 39.3 Å². The van der Waals surface area contributed by atoms with E-state index in [4.69, 9.17) is 0 Å². The van der Waals surface area contributed by atoms with Gasteiger partial charge in [0.1, 0.15) is 5.52 Å². The van der Waals surface area contributed by atoms with E-state index in [0.29, 0.717) is 17.4 Å². The van der Waals surface area contributed by atoms with Crippen LogP contribution in [0.15, 0.2) is 29.1 Å². The monoisotopic (exact) mass is 260 g/mol. The summed E-state index contributed by atoms with van der Waals surface area (Å²) in [5.74, 6) is 0. The number of likely N-dealkylation sites (N-methyl/N-ethyl adjacent to an activating group) is 1. The molecule has 1 aromatic heterocycles. The number of nitrogens with one attached hydrogen (secondary N) is 1. The predicted octanol–water partition coefficient (Wildman–Crippen LogP) is 1.57. The molecule has 0 aliphatic carbocycles. The molecule has 0 amide bonds. The first kappa shape index (κ1) is 13.7. The molecule has 5 heteroatoms. The Morgan fingerprint density at radius 3 is 2.84 bits per heavy atom. The molecule has 0 spiro atoms. The molecule has 102 valence electrons. The average Bonchev–Trinajstić information content (AvgIpc) is 2.43. The first-order chi connectivity index (χ1) is 9.26. The van der Waals surface area contributed by atoms with E-state index < -0.39 is 0 Å². The minimum atomic E-state index is -0.0652. The molecule has 0 aliphatic heterocycles. The lowest BCUT2D eigenvalue weighted by Crippen LogP contribution is -2.37. The van der Waals surface area contributed by atoms with Gasteiger partial charge in [0.15, 0.2) is 0 Å². The quantitative estimate of drug-likeness (QED) is 0.856. The third kappa shape index (κ3) is 3.17. The van der Waals surface area contributed by atoms with Gasteiger partial charge in [0, 0.05) is 6.04 Å². The van der Waals surface area contributed by atoms with E-state index in [-0.39, 0.29) is 11.6 Å². The van der Waals surface area contributed by atoms with Crippen LogP contribution in [0.5, 0.6) is 0 Å². The first-order valence-electron chi connectivity index (χ1n) is 6.82. The van der Waals surface area contributed by atoms with E-state index in [1.165, 1.54) is 4.68 Å². The van der Waals surface area contributed by atoms with Gasteiger partial charge in [-0.25, -0.2) is 4.68 Å². The lowest BCUT2D eigenvalue weighted by Gasteiger charge is -2.17. The van der Waals surface area contributed by atoms with Gasteiger partial charge in [-0.2, -0.15) is 0 Å². The number of benzene rings is 1. The van der Waals surface area contributed by atoms with Crippen molar-refractivity contribution in [1.29, 1.82) is 0 Å². The summed E-state index contributed by atoms with van der Waals surface area (Å²) in [6, 6.07) is 7.58. The van der Waals surface area contributed by atoms with Crippen LogP contribution >= 0.6 is 0 Å². The van der Waals surface area contributed by atoms with Gasteiger partial charge in [0.2, 0.25) is 0 Å². The van der Waals surface area contributed by atoms with E-state index in [1.807, 2.05) is 18.2 Å². The highest BCUT2D eigenvalue weighted by atomic mass is 16.1. The van der Waals surface area contributed by atoms with E-state index in [2.05, 4.69) is 29.5 Å². The van der Waals surface area contributed by atoms with Gasteiger partial charge in [-0.05, 0) is 25.1 Å². The molecule has 1 atom stereocenters. The number of hydrogen-bond acceptors (Lipinski definition) is 4. The maximum absolute atomic E-state index is 12.3. The molecule has 1 heterocycles. The molecule has 0 fully saturated rings. The molecular weight excluding hydrogens is 240 g/mol. The summed E-state index contributed by atoms with van der Waals surface area (Å²) in [7, 11) is 0. The second-order valence-corrected chi connectivity index (χ2v) is 4.64. The third-order valence-electron chi connectivity index (χ3n) is 3.15. The van der Waals surface area contributed by atoms with Crippen LogP contribution in [-0.4, -0.2) is 27.6 Å². The molecule has 0 bridgehead atoms. The molecule has 1 aromatic carbocycles. The van der Waals surface area contributed by atoms with Crippen molar-refractivity contribution in [3.8, 4) is 0 Å². The van der Waals surface area contributed by atoms with E-state index in [0.717, 1.165) is 19.4 Å². The fraction of sp³-hybridized carbons (Fsp3) is 0.500. The van der Waals surface area contributed by atoms with Crippen molar-refractivity contribution in [1.82, 2.24) is 20.3 Å². The summed E-state index contributed by atoms with van der Waals surface area (Å²) in [5, 5.41) is 12.1. The van der Waals surface area contributed by atoms with Crippen molar-refractivity contribution in [3.05, 3.63) is 34.6 Å². The fourth-order valence-electron chi connectivity index (χ4n) is 2.25. The van der Waals surface area contributed by atoms with Crippen molar-refractivity contribution >= 4 is 10.9 Å². The number of nitrogens with zero attached hydrogens (tertiary/aromatic N) is 3. The van der Waals surface area contributed by atoms with Crippen molar-refractivity contribution in [2.24, 2.45) is 0 Å². The van der Waals surface area contributed by atoms with Crippen LogP contribution in [0.1, 0.15) is 26.7 Å².